The van der Waals surface area contributed by atoms with Crippen LogP contribution in [-0.2, 0) is 13.1 Å². The van der Waals surface area contributed by atoms with Crippen LogP contribution in [0.2, 0.25) is 0 Å². The lowest BCUT2D eigenvalue weighted by Gasteiger charge is -2.16. The fourth-order valence-corrected chi connectivity index (χ4v) is 2.72. The van der Waals surface area contributed by atoms with Gasteiger partial charge in [-0.15, -0.1) is 0 Å². The number of hydrogen-bond donors (Lipinski definition) is 1. The van der Waals surface area contributed by atoms with E-state index >= 15 is 0 Å². The van der Waals surface area contributed by atoms with Crippen LogP contribution in [0.15, 0.2) is 41.1 Å². The Balaban J connectivity index is 1.65. The first-order valence-electron chi connectivity index (χ1n) is 6.89. The van der Waals surface area contributed by atoms with Crippen LogP contribution in [0.1, 0.15) is 17.5 Å². The van der Waals surface area contributed by atoms with Gasteiger partial charge in [0.25, 0.3) is 0 Å². The molecular weight excluding hydrogens is 268 g/mol. The van der Waals surface area contributed by atoms with Crippen molar-refractivity contribution in [3.05, 3.63) is 52.2 Å². The summed E-state index contributed by atoms with van der Waals surface area (Å²) >= 11 is 1.75. The second kappa shape index (κ2) is 8.04. The molecule has 0 atom stereocenters. The lowest BCUT2D eigenvalue weighted by atomic mass is 10.2. The second-order valence-electron chi connectivity index (χ2n) is 4.92. The molecule has 1 aromatic heterocycles. The van der Waals surface area contributed by atoms with E-state index < -0.39 is 0 Å². The van der Waals surface area contributed by atoms with E-state index in [2.05, 4.69) is 28.8 Å². The number of ether oxygens (including phenoxy) is 1. The Labute approximate surface area is 125 Å². The molecule has 0 aliphatic rings. The molecule has 1 heterocycles. The number of nitrogens with zero attached hydrogens (tertiary/aromatic N) is 1. The third-order valence-corrected chi connectivity index (χ3v) is 3.85. The Bertz CT molecular complexity index is 499. The van der Waals surface area contributed by atoms with E-state index in [9.17, 15) is 0 Å². The molecule has 0 saturated heterocycles. The van der Waals surface area contributed by atoms with Gasteiger partial charge in [0.1, 0.15) is 5.75 Å². The molecule has 0 aliphatic carbocycles. The van der Waals surface area contributed by atoms with Gasteiger partial charge in [-0.25, -0.2) is 0 Å². The summed E-state index contributed by atoms with van der Waals surface area (Å²) in [4.78, 5) is 2.32. The van der Waals surface area contributed by atoms with E-state index in [0.717, 1.165) is 37.4 Å². The second-order valence-corrected chi connectivity index (χ2v) is 5.70. The van der Waals surface area contributed by atoms with Gasteiger partial charge in [-0.3, -0.25) is 0 Å². The van der Waals surface area contributed by atoms with Crippen molar-refractivity contribution in [1.82, 2.24) is 4.90 Å². The molecule has 3 nitrogen and oxygen atoms in total. The number of hydrogen-bond acceptors (Lipinski definition) is 4. The van der Waals surface area contributed by atoms with E-state index in [-0.39, 0.29) is 0 Å². The van der Waals surface area contributed by atoms with Crippen molar-refractivity contribution in [1.29, 1.82) is 0 Å². The summed E-state index contributed by atoms with van der Waals surface area (Å²) in [5, 5.41) is 4.32. The first kappa shape index (κ1) is 15.0. The zero-order valence-electron chi connectivity index (χ0n) is 11.9. The Morgan fingerprint density at radius 1 is 1.25 bits per heavy atom. The van der Waals surface area contributed by atoms with E-state index in [1.165, 1.54) is 5.56 Å². The van der Waals surface area contributed by atoms with E-state index in [1.54, 1.807) is 11.3 Å². The molecule has 2 aromatic rings. The number of benzene rings is 1. The van der Waals surface area contributed by atoms with Crippen LogP contribution in [-0.4, -0.2) is 25.1 Å². The van der Waals surface area contributed by atoms with Crippen LogP contribution in [0.5, 0.6) is 5.75 Å². The zero-order valence-corrected chi connectivity index (χ0v) is 12.7. The minimum atomic E-state index is 0.556. The molecule has 0 radical (unpaired) electrons. The summed E-state index contributed by atoms with van der Waals surface area (Å²) in [5.41, 5.74) is 8.11. The fourth-order valence-electron chi connectivity index (χ4n) is 2.06. The third kappa shape index (κ3) is 4.96. The van der Waals surface area contributed by atoms with Gasteiger partial charge in [0.2, 0.25) is 0 Å². The molecule has 2 rings (SSSR count). The van der Waals surface area contributed by atoms with Gasteiger partial charge in [0, 0.05) is 19.6 Å². The van der Waals surface area contributed by atoms with Gasteiger partial charge in [0.15, 0.2) is 0 Å². The Hall–Kier alpha value is -1.36. The minimum Gasteiger partial charge on any atom is -0.494 e. The fraction of sp³-hybridized carbons (Fsp3) is 0.375. The van der Waals surface area contributed by atoms with Crippen molar-refractivity contribution in [3.63, 3.8) is 0 Å². The highest BCUT2D eigenvalue weighted by atomic mass is 32.1. The molecule has 0 saturated carbocycles. The predicted octanol–water partition coefficient (Wildman–Crippen LogP) is 3.11. The van der Waals surface area contributed by atoms with Crippen molar-refractivity contribution >= 4 is 11.3 Å². The summed E-state index contributed by atoms with van der Waals surface area (Å²) < 4.78 is 5.75. The summed E-state index contributed by atoms with van der Waals surface area (Å²) in [6.07, 6.45) is 1.02. The van der Waals surface area contributed by atoms with Gasteiger partial charge in [-0.1, -0.05) is 12.1 Å². The van der Waals surface area contributed by atoms with E-state index in [0.29, 0.717) is 6.54 Å². The van der Waals surface area contributed by atoms with Crippen molar-refractivity contribution in [2.24, 2.45) is 5.73 Å². The minimum absolute atomic E-state index is 0.556. The maximum atomic E-state index is 5.75. The molecule has 0 amide bonds. The van der Waals surface area contributed by atoms with Crippen molar-refractivity contribution in [3.8, 4) is 5.75 Å². The standard InChI is InChI=1S/C16H22N2OS/c1-18(12-15-6-9-20-13-15)7-3-8-19-16-5-2-4-14(10-16)11-17/h2,4-6,9-10,13H,3,7-8,11-12,17H2,1H3. The topological polar surface area (TPSA) is 38.5 Å². The van der Waals surface area contributed by atoms with Crippen molar-refractivity contribution in [2.75, 3.05) is 20.2 Å². The third-order valence-electron chi connectivity index (χ3n) is 3.12. The van der Waals surface area contributed by atoms with Crippen LogP contribution < -0.4 is 10.5 Å². The first-order chi connectivity index (χ1) is 9.78. The highest BCUT2D eigenvalue weighted by Gasteiger charge is 2.01. The smallest absolute Gasteiger partial charge is 0.119 e. The Morgan fingerprint density at radius 2 is 2.15 bits per heavy atom. The van der Waals surface area contributed by atoms with E-state index in [1.807, 2.05) is 24.3 Å². The Kier molecular flexibility index (Phi) is 6.05. The van der Waals surface area contributed by atoms with Crippen LogP contribution >= 0.6 is 11.3 Å². The largest absolute Gasteiger partial charge is 0.494 e. The molecule has 2 N–H and O–H groups in total. The molecule has 0 aliphatic heterocycles. The lowest BCUT2D eigenvalue weighted by Crippen LogP contribution is -2.20. The van der Waals surface area contributed by atoms with Gasteiger partial charge in [-0.2, -0.15) is 11.3 Å². The van der Waals surface area contributed by atoms with Crippen LogP contribution in [0.25, 0.3) is 0 Å². The predicted molar refractivity (Wildman–Crippen MR) is 85.1 cm³/mol. The Morgan fingerprint density at radius 3 is 2.90 bits per heavy atom. The summed E-state index contributed by atoms with van der Waals surface area (Å²) in [6.45, 7) is 3.33. The normalized spacial score (nSPS) is 10.9. The molecule has 4 heteroatoms. The van der Waals surface area contributed by atoms with Crippen molar-refractivity contribution in [2.45, 2.75) is 19.5 Å². The van der Waals surface area contributed by atoms with Gasteiger partial charge in [-0.05, 0) is 53.6 Å². The average molecular weight is 290 g/mol. The molecule has 0 unspecified atom stereocenters. The van der Waals surface area contributed by atoms with E-state index in [4.69, 9.17) is 10.5 Å². The quantitative estimate of drug-likeness (QED) is 0.759. The average Bonchev–Trinajstić information content (AvgIpc) is 2.97. The monoisotopic (exact) mass is 290 g/mol. The number of rotatable bonds is 8. The molecule has 108 valence electrons. The SMILES string of the molecule is CN(CCCOc1cccc(CN)c1)Cc1ccsc1. The molecule has 1 aromatic carbocycles. The maximum absolute atomic E-state index is 5.75. The highest BCUT2D eigenvalue weighted by molar-refractivity contribution is 7.07. The number of thiophene rings is 1. The molecular formula is C16H22N2OS. The van der Waals surface area contributed by atoms with Crippen LogP contribution in [0.4, 0.5) is 0 Å². The van der Waals surface area contributed by atoms with Gasteiger partial charge < -0.3 is 15.4 Å². The van der Waals surface area contributed by atoms with Crippen molar-refractivity contribution < 1.29 is 4.74 Å². The molecule has 0 bridgehead atoms. The zero-order chi connectivity index (χ0) is 14.2. The highest BCUT2D eigenvalue weighted by Crippen LogP contribution is 2.13. The first-order valence-corrected chi connectivity index (χ1v) is 7.83. The summed E-state index contributed by atoms with van der Waals surface area (Å²) in [7, 11) is 2.15. The van der Waals surface area contributed by atoms with Crippen LogP contribution in [0.3, 0.4) is 0 Å². The van der Waals surface area contributed by atoms with Gasteiger partial charge in [0.05, 0.1) is 6.61 Å². The summed E-state index contributed by atoms with van der Waals surface area (Å²) in [5.74, 6) is 0.911. The molecule has 0 spiro atoms. The molecule has 0 fully saturated rings. The van der Waals surface area contributed by atoms with Gasteiger partial charge >= 0.3 is 0 Å². The molecule has 20 heavy (non-hydrogen) atoms. The van der Waals surface area contributed by atoms with Crippen LogP contribution in [0, 0.1) is 0 Å². The number of nitrogens with two attached hydrogens (primary N) is 1. The summed E-state index contributed by atoms with van der Waals surface area (Å²) in [6, 6.07) is 10.2. The lowest BCUT2D eigenvalue weighted by molar-refractivity contribution is 0.259. The maximum Gasteiger partial charge on any atom is 0.119 e.